The van der Waals surface area contributed by atoms with Crippen LogP contribution in [0.2, 0.25) is 0 Å². The van der Waals surface area contributed by atoms with Gasteiger partial charge in [-0.2, -0.15) is 0 Å². The molecule has 2 unspecified atom stereocenters. The molecule has 1 saturated heterocycles. The second-order valence-corrected chi connectivity index (χ2v) is 7.60. The van der Waals surface area contributed by atoms with Crippen molar-refractivity contribution < 1.29 is 5.11 Å². The monoisotopic (exact) mass is 294 g/mol. The number of aliphatic hydroxyl groups excluding tert-OH is 1. The van der Waals surface area contributed by atoms with Gasteiger partial charge in [-0.25, -0.2) is 0 Å². The molecule has 0 aromatic rings. The van der Waals surface area contributed by atoms with Crippen molar-refractivity contribution in [1.82, 2.24) is 10.2 Å². The smallest absolute Gasteiger partial charge is 0.0474 e. The Labute approximate surface area is 130 Å². The molecule has 3 aliphatic rings. The fourth-order valence-electron chi connectivity index (χ4n) is 4.83. The largest absolute Gasteiger partial charge is 0.396 e. The maximum Gasteiger partial charge on any atom is 0.0474 e. The summed E-state index contributed by atoms with van der Waals surface area (Å²) in [5, 5.41) is 13.5. The summed E-state index contributed by atoms with van der Waals surface area (Å²) in [5.41, 5.74) is 0. The van der Waals surface area contributed by atoms with Crippen molar-refractivity contribution in [2.75, 3.05) is 19.7 Å². The summed E-state index contributed by atoms with van der Waals surface area (Å²) in [6.07, 6.45) is 15.0. The van der Waals surface area contributed by atoms with E-state index in [1.54, 1.807) is 0 Å². The number of piperidine rings is 1. The third-order valence-corrected chi connectivity index (χ3v) is 6.21. The van der Waals surface area contributed by atoms with Crippen molar-refractivity contribution in [2.45, 2.75) is 88.8 Å². The van der Waals surface area contributed by atoms with Crippen molar-refractivity contribution in [3.05, 3.63) is 0 Å². The van der Waals surface area contributed by atoms with E-state index >= 15 is 0 Å². The molecule has 2 saturated carbocycles. The Morgan fingerprint density at radius 2 is 1.48 bits per heavy atom. The van der Waals surface area contributed by atoms with Gasteiger partial charge in [0.15, 0.2) is 0 Å². The van der Waals surface area contributed by atoms with Crippen LogP contribution >= 0.6 is 0 Å². The van der Waals surface area contributed by atoms with Crippen LogP contribution in [0.3, 0.4) is 0 Å². The first kappa shape index (κ1) is 15.8. The molecule has 0 radical (unpaired) electrons. The molecule has 21 heavy (non-hydrogen) atoms. The normalized spacial score (nSPS) is 34.1. The van der Waals surface area contributed by atoms with E-state index in [2.05, 4.69) is 10.2 Å². The summed E-state index contributed by atoms with van der Waals surface area (Å²) in [6.45, 7) is 2.95. The van der Waals surface area contributed by atoms with E-state index in [1.807, 2.05) is 0 Å². The highest BCUT2D eigenvalue weighted by molar-refractivity contribution is 4.88. The van der Waals surface area contributed by atoms with Gasteiger partial charge < -0.3 is 15.3 Å². The second-order valence-electron chi connectivity index (χ2n) is 7.60. The highest BCUT2D eigenvalue weighted by atomic mass is 16.3. The van der Waals surface area contributed by atoms with Crippen molar-refractivity contribution in [3.63, 3.8) is 0 Å². The lowest BCUT2D eigenvalue weighted by Gasteiger charge is -2.41. The summed E-state index contributed by atoms with van der Waals surface area (Å²) in [4.78, 5) is 2.77. The van der Waals surface area contributed by atoms with E-state index in [0.29, 0.717) is 24.6 Å². The Bertz CT molecular complexity index is 296. The van der Waals surface area contributed by atoms with Gasteiger partial charge in [-0.3, -0.25) is 0 Å². The molecule has 1 aliphatic heterocycles. The van der Waals surface area contributed by atoms with Crippen LogP contribution in [-0.2, 0) is 0 Å². The average Bonchev–Trinajstić information content (AvgIpc) is 2.57. The Kier molecular flexibility index (Phi) is 5.96. The molecule has 3 nitrogen and oxygen atoms in total. The van der Waals surface area contributed by atoms with Gasteiger partial charge in [0.25, 0.3) is 0 Å². The van der Waals surface area contributed by atoms with Gasteiger partial charge in [0.1, 0.15) is 0 Å². The maximum absolute atomic E-state index is 9.55. The third kappa shape index (κ3) is 4.20. The second kappa shape index (κ2) is 7.94. The molecule has 2 atom stereocenters. The van der Waals surface area contributed by atoms with E-state index in [9.17, 15) is 5.11 Å². The van der Waals surface area contributed by atoms with Gasteiger partial charge in [-0.1, -0.05) is 32.1 Å². The summed E-state index contributed by atoms with van der Waals surface area (Å²) in [6, 6.07) is 2.16. The standard InChI is InChI=1S/C18H34N2O/c21-14-15-6-4-5-9-18(15)19-16-10-12-20(13-11-16)17-7-2-1-3-8-17/h15-19,21H,1-14H2. The zero-order valence-electron chi connectivity index (χ0n) is 13.6. The zero-order chi connectivity index (χ0) is 14.5. The minimum Gasteiger partial charge on any atom is -0.396 e. The summed E-state index contributed by atoms with van der Waals surface area (Å²) in [5.74, 6) is 0.509. The lowest BCUT2D eigenvalue weighted by Crippen LogP contribution is -2.51. The minimum absolute atomic E-state index is 0.374. The average molecular weight is 294 g/mol. The van der Waals surface area contributed by atoms with Crippen LogP contribution in [-0.4, -0.2) is 47.8 Å². The summed E-state index contributed by atoms with van der Waals surface area (Å²) in [7, 11) is 0. The van der Waals surface area contributed by atoms with E-state index in [-0.39, 0.29) is 0 Å². The minimum atomic E-state index is 0.374. The molecular weight excluding hydrogens is 260 g/mol. The first-order valence-electron chi connectivity index (χ1n) is 9.48. The molecule has 3 heteroatoms. The van der Waals surface area contributed by atoms with Gasteiger partial charge in [0, 0.05) is 24.7 Å². The van der Waals surface area contributed by atoms with E-state index in [0.717, 1.165) is 6.04 Å². The third-order valence-electron chi connectivity index (χ3n) is 6.21. The Morgan fingerprint density at radius 1 is 0.810 bits per heavy atom. The Balaban J connectivity index is 1.42. The molecule has 0 aromatic heterocycles. The molecule has 1 heterocycles. The van der Waals surface area contributed by atoms with Crippen LogP contribution in [0.15, 0.2) is 0 Å². The highest BCUT2D eigenvalue weighted by Gasteiger charge is 2.30. The van der Waals surface area contributed by atoms with Crippen LogP contribution in [0.1, 0.15) is 70.6 Å². The molecule has 0 bridgehead atoms. The molecule has 0 aromatic carbocycles. The van der Waals surface area contributed by atoms with Crippen molar-refractivity contribution >= 4 is 0 Å². The number of nitrogens with one attached hydrogen (secondary N) is 1. The molecule has 2 aliphatic carbocycles. The van der Waals surface area contributed by atoms with E-state index in [1.165, 1.54) is 83.7 Å². The van der Waals surface area contributed by atoms with E-state index in [4.69, 9.17) is 0 Å². The van der Waals surface area contributed by atoms with Crippen LogP contribution in [0.4, 0.5) is 0 Å². The number of aliphatic hydroxyl groups is 1. The first-order valence-corrected chi connectivity index (χ1v) is 9.48. The Morgan fingerprint density at radius 3 is 2.19 bits per heavy atom. The van der Waals surface area contributed by atoms with Crippen LogP contribution < -0.4 is 5.32 Å². The number of hydrogen-bond donors (Lipinski definition) is 2. The summed E-state index contributed by atoms with van der Waals surface area (Å²) < 4.78 is 0. The topological polar surface area (TPSA) is 35.5 Å². The van der Waals surface area contributed by atoms with Crippen molar-refractivity contribution in [2.24, 2.45) is 5.92 Å². The van der Waals surface area contributed by atoms with Gasteiger partial charge in [0.05, 0.1) is 0 Å². The van der Waals surface area contributed by atoms with Crippen LogP contribution in [0.25, 0.3) is 0 Å². The van der Waals surface area contributed by atoms with Gasteiger partial charge in [-0.05, 0) is 57.5 Å². The van der Waals surface area contributed by atoms with Gasteiger partial charge in [0.2, 0.25) is 0 Å². The molecule has 0 amide bonds. The lowest BCUT2D eigenvalue weighted by atomic mass is 9.84. The predicted molar refractivity (Wildman–Crippen MR) is 87.4 cm³/mol. The molecule has 0 spiro atoms. The molecule has 2 N–H and O–H groups in total. The lowest BCUT2D eigenvalue weighted by molar-refractivity contribution is 0.0972. The maximum atomic E-state index is 9.55. The fraction of sp³-hybridized carbons (Fsp3) is 1.00. The molecular formula is C18H34N2O. The quantitative estimate of drug-likeness (QED) is 0.837. The first-order chi connectivity index (χ1) is 10.4. The van der Waals surface area contributed by atoms with Crippen LogP contribution in [0, 0.1) is 5.92 Å². The van der Waals surface area contributed by atoms with Gasteiger partial charge >= 0.3 is 0 Å². The summed E-state index contributed by atoms with van der Waals surface area (Å²) >= 11 is 0. The fourth-order valence-corrected chi connectivity index (χ4v) is 4.83. The highest BCUT2D eigenvalue weighted by Crippen LogP contribution is 2.28. The molecule has 3 rings (SSSR count). The van der Waals surface area contributed by atoms with Gasteiger partial charge in [-0.15, -0.1) is 0 Å². The number of hydrogen-bond acceptors (Lipinski definition) is 3. The zero-order valence-corrected chi connectivity index (χ0v) is 13.6. The van der Waals surface area contributed by atoms with Crippen LogP contribution in [0.5, 0.6) is 0 Å². The van der Waals surface area contributed by atoms with E-state index < -0.39 is 0 Å². The molecule has 3 fully saturated rings. The number of likely N-dealkylation sites (tertiary alicyclic amines) is 1. The molecule has 122 valence electrons. The van der Waals surface area contributed by atoms with Crippen molar-refractivity contribution in [3.8, 4) is 0 Å². The Hall–Kier alpha value is -0.120. The number of nitrogens with zero attached hydrogens (tertiary/aromatic N) is 1. The van der Waals surface area contributed by atoms with Crippen molar-refractivity contribution in [1.29, 1.82) is 0 Å². The SMILES string of the molecule is OCC1CCCCC1NC1CCN(C2CCCCC2)CC1. The number of rotatable bonds is 4. The predicted octanol–water partition coefficient (Wildman–Crippen LogP) is 2.92.